The van der Waals surface area contributed by atoms with Crippen molar-refractivity contribution in [3.63, 3.8) is 0 Å². The minimum atomic E-state index is -1.57. The van der Waals surface area contributed by atoms with Crippen LogP contribution < -0.4 is 0 Å². The normalized spacial score (nSPS) is 32.2. The van der Waals surface area contributed by atoms with E-state index in [9.17, 15) is 9.90 Å². The molecule has 2 aliphatic rings. The van der Waals surface area contributed by atoms with Gasteiger partial charge in [-0.15, -0.1) is 0 Å². The molecule has 2 rings (SSSR count). The summed E-state index contributed by atoms with van der Waals surface area (Å²) < 4.78 is 7.03. The third-order valence-electron chi connectivity index (χ3n) is 8.67. The van der Waals surface area contributed by atoms with Gasteiger partial charge in [0, 0.05) is 12.5 Å². The molecule has 3 unspecified atom stereocenters. The Bertz CT molecular complexity index is 514. The molecule has 4 heteroatoms. The molecular weight excluding hydrogens is 364 g/mol. The summed E-state index contributed by atoms with van der Waals surface area (Å²) in [5.41, 5.74) is -0.838. The molecule has 1 N–H and O–H groups in total. The molecule has 0 spiro atoms. The van der Waals surface area contributed by atoms with Gasteiger partial charge in [-0.3, -0.25) is 4.79 Å². The van der Waals surface area contributed by atoms with Gasteiger partial charge in [-0.25, -0.2) is 0 Å². The maximum absolute atomic E-state index is 12.2. The number of carbonyl (C=O) groups excluding carboxylic acids is 1. The highest BCUT2D eigenvalue weighted by Crippen LogP contribution is 2.59. The first kappa shape index (κ1) is 24.1. The summed E-state index contributed by atoms with van der Waals surface area (Å²) in [5.74, 6) is 1.88. The molecule has 0 aliphatic heterocycles. The van der Waals surface area contributed by atoms with Gasteiger partial charge in [-0.05, 0) is 87.3 Å². The number of carbonyl (C=O) groups is 1. The first-order chi connectivity index (χ1) is 13.0. The van der Waals surface area contributed by atoms with E-state index in [-0.39, 0.29) is 5.78 Å². The molecule has 164 valence electrons. The van der Waals surface area contributed by atoms with E-state index in [2.05, 4.69) is 34.6 Å². The number of hydrogen-bond acceptors (Lipinski definition) is 3. The topological polar surface area (TPSA) is 46.5 Å². The Balaban J connectivity index is 2.07. The minimum Gasteiger partial charge on any atom is -0.414 e. The smallest absolute Gasteiger partial charge is 0.192 e. The molecule has 0 radical (unpaired) electrons. The van der Waals surface area contributed by atoms with Gasteiger partial charge in [0.1, 0.15) is 5.60 Å². The maximum Gasteiger partial charge on any atom is 0.192 e. The van der Waals surface area contributed by atoms with Crippen molar-refractivity contribution in [2.24, 2.45) is 23.2 Å². The second-order valence-corrected chi connectivity index (χ2v) is 15.3. The second-order valence-electron chi connectivity index (χ2n) is 10.6. The number of ketones is 1. The van der Waals surface area contributed by atoms with Crippen LogP contribution in [0.25, 0.3) is 0 Å². The molecule has 0 bridgehead atoms. The van der Waals surface area contributed by atoms with Crippen molar-refractivity contribution in [2.75, 3.05) is 0 Å². The summed E-state index contributed by atoms with van der Waals surface area (Å²) in [6.45, 7) is 15.1. The van der Waals surface area contributed by atoms with E-state index >= 15 is 0 Å². The van der Waals surface area contributed by atoms with Crippen molar-refractivity contribution >= 4 is 14.1 Å². The Labute approximate surface area is 175 Å². The van der Waals surface area contributed by atoms with Crippen LogP contribution in [0.4, 0.5) is 0 Å². The lowest BCUT2D eigenvalue weighted by Gasteiger charge is -2.49. The van der Waals surface area contributed by atoms with Crippen LogP contribution in [-0.4, -0.2) is 30.9 Å². The van der Waals surface area contributed by atoms with Gasteiger partial charge in [0.05, 0.1) is 0 Å². The van der Waals surface area contributed by atoms with E-state index in [1.165, 1.54) is 50.2 Å². The first-order valence-corrected chi connectivity index (χ1v) is 14.5. The van der Waals surface area contributed by atoms with Gasteiger partial charge in [-0.1, -0.05) is 41.0 Å². The number of rotatable bonds is 10. The Kier molecular flexibility index (Phi) is 8.00. The molecule has 0 aromatic rings. The van der Waals surface area contributed by atoms with Gasteiger partial charge in [0.15, 0.2) is 14.1 Å². The molecule has 0 amide bonds. The average molecular weight is 411 g/mol. The van der Waals surface area contributed by atoms with Crippen LogP contribution in [0.3, 0.4) is 0 Å². The number of aliphatic hydroxyl groups is 1. The SMILES string of the molecule is CC[Si](CC)(CC)OC1CCC[C@@]2(C)C1CC[C@@H]2C(C)CCC(=O)C(C)(C)O. The summed E-state index contributed by atoms with van der Waals surface area (Å²) in [5, 5.41) is 9.95. The monoisotopic (exact) mass is 410 g/mol. The predicted octanol–water partition coefficient (Wildman–Crippen LogP) is 6.35. The highest BCUT2D eigenvalue weighted by molar-refractivity contribution is 6.73. The van der Waals surface area contributed by atoms with Crippen LogP contribution in [-0.2, 0) is 9.22 Å². The summed E-state index contributed by atoms with van der Waals surface area (Å²) in [6, 6.07) is 3.70. The van der Waals surface area contributed by atoms with Gasteiger partial charge >= 0.3 is 0 Å². The molecule has 0 aromatic heterocycles. The third-order valence-corrected chi connectivity index (χ3v) is 13.3. The molecule has 0 saturated heterocycles. The van der Waals surface area contributed by atoms with E-state index < -0.39 is 13.9 Å². The Hall–Kier alpha value is -0.193. The first-order valence-electron chi connectivity index (χ1n) is 12.0. The molecule has 2 aliphatic carbocycles. The highest BCUT2D eigenvalue weighted by atomic mass is 28.4. The highest BCUT2D eigenvalue weighted by Gasteiger charge is 2.53. The fraction of sp³-hybridized carbons (Fsp3) is 0.958. The van der Waals surface area contributed by atoms with Crippen molar-refractivity contribution < 1.29 is 14.3 Å². The van der Waals surface area contributed by atoms with Gasteiger partial charge < -0.3 is 9.53 Å². The summed E-state index contributed by atoms with van der Waals surface area (Å²) >= 11 is 0. The fourth-order valence-electron chi connectivity index (χ4n) is 6.42. The van der Waals surface area contributed by atoms with E-state index in [0.29, 0.717) is 35.7 Å². The van der Waals surface area contributed by atoms with Crippen LogP contribution in [0.2, 0.25) is 18.1 Å². The predicted molar refractivity (Wildman–Crippen MR) is 120 cm³/mol. The number of Topliss-reactive ketones (excluding diaryl/α,β-unsaturated/α-hetero) is 1. The average Bonchev–Trinajstić information content (AvgIpc) is 3.01. The zero-order chi connectivity index (χ0) is 21.2. The largest absolute Gasteiger partial charge is 0.414 e. The van der Waals surface area contributed by atoms with E-state index in [1.54, 1.807) is 13.8 Å². The molecular formula is C24H46O3Si. The van der Waals surface area contributed by atoms with Crippen molar-refractivity contribution in [1.82, 2.24) is 0 Å². The Morgan fingerprint density at radius 3 is 2.32 bits per heavy atom. The maximum atomic E-state index is 12.2. The third kappa shape index (κ3) is 4.92. The van der Waals surface area contributed by atoms with Crippen LogP contribution in [0.15, 0.2) is 0 Å². The van der Waals surface area contributed by atoms with E-state index in [0.717, 1.165) is 6.42 Å². The summed E-state index contributed by atoms with van der Waals surface area (Å²) in [6.07, 6.45) is 8.26. The quantitative estimate of drug-likeness (QED) is 0.427. The lowest BCUT2D eigenvalue weighted by atomic mass is 9.61. The van der Waals surface area contributed by atoms with E-state index in [1.807, 2.05) is 0 Å². The molecule has 2 saturated carbocycles. The number of hydrogen-bond donors (Lipinski definition) is 1. The van der Waals surface area contributed by atoms with Crippen LogP contribution in [0, 0.1) is 23.2 Å². The van der Waals surface area contributed by atoms with Gasteiger partial charge in [0.2, 0.25) is 0 Å². The summed E-state index contributed by atoms with van der Waals surface area (Å²) in [4.78, 5) is 12.2. The van der Waals surface area contributed by atoms with Crippen LogP contribution in [0.5, 0.6) is 0 Å². The molecule has 3 nitrogen and oxygen atoms in total. The molecule has 28 heavy (non-hydrogen) atoms. The van der Waals surface area contributed by atoms with Crippen LogP contribution in [0.1, 0.15) is 93.4 Å². The lowest BCUT2D eigenvalue weighted by Crippen LogP contribution is -2.48. The van der Waals surface area contributed by atoms with E-state index in [4.69, 9.17) is 4.43 Å². The Morgan fingerprint density at radius 2 is 1.79 bits per heavy atom. The molecule has 0 aromatic carbocycles. The van der Waals surface area contributed by atoms with Gasteiger partial charge in [0.25, 0.3) is 0 Å². The lowest BCUT2D eigenvalue weighted by molar-refractivity contribution is -0.134. The molecule has 5 atom stereocenters. The number of fused-ring (bicyclic) bond motifs is 1. The van der Waals surface area contributed by atoms with Crippen molar-refractivity contribution in [3.05, 3.63) is 0 Å². The van der Waals surface area contributed by atoms with Crippen LogP contribution >= 0.6 is 0 Å². The zero-order valence-corrected chi connectivity index (χ0v) is 20.6. The molecule has 0 heterocycles. The van der Waals surface area contributed by atoms with Crippen molar-refractivity contribution in [1.29, 1.82) is 0 Å². The van der Waals surface area contributed by atoms with Crippen molar-refractivity contribution in [3.8, 4) is 0 Å². The Morgan fingerprint density at radius 1 is 1.18 bits per heavy atom. The zero-order valence-electron chi connectivity index (χ0n) is 19.6. The second kappa shape index (κ2) is 9.30. The minimum absolute atomic E-state index is 0.0199. The standard InChI is InChI=1S/C24H46O3Si/c1-8-28(9-2,10-3)27-21-12-11-17-24(7)19(14-15-20(21)24)18(4)13-16-22(25)23(5,6)26/h18-21,26H,8-17H2,1-7H3/t18?,19-,20?,21?,24-/m1/s1. The molecule has 2 fully saturated rings. The van der Waals surface area contributed by atoms with Crippen molar-refractivity contribution in [2.45, 2.75) is 123 Å². The fourth-order valence-corrected chi connectivity index (χ4v) is 9.35. The van der Waals surface area contributed by atoms with Gasteiger partial charge in [-0.2, -0.15) is 0 Å². The summed E-state index contributed by atoms with van der Waals surface area (Å²) in [7, 11) is -1.57.